The Labute approximate surface area is 119 Å². The first-order chi connectivity index (χ1) is 8.97. The van der Waals surface area contributed by atoms with Crippen LogP contribution < -0.4 is 16.0 Å². The van der Waals surface area contributed by atoms with Crippen LogP contribution in [-0.2, 0) is 17.9 Å². The third-order valence-corrected chi connectivity index (χ3v) is 3.30. The number of nitrogens with one attached hydrogen (secondary N) is 3. The van der Waals surface area contributed by atoms with E-state index in [9.17, 15) is 4.79 Å². The lowest BCUT2D eigenvalue weighted by atomic mass is 10.4. The minimum Gasteiger partial charge on any atom is -0.348 e. The molecule has 6 heteroatoms. The number of rotatable bonds is 8. The third kappa shape index (κ3) is 7.25. The van der Waals surface area contributed by atoms with E-state index in [1.54, 1.807) is 11.3 Å². The number of hydrogen-bond donors (Lipinski definition) is 3. The van der Waals surface area contributed by atoms with Gasteiger partial charge in [0.2, 0.25) is 5.91 Å². The quantitative estimate of drug-likeness (QED) is 0.672. The molecule has 0 spiro atoms. The Morgan fingerprint density at radius 1 is 1.21 bits per heavy atom. The first-order valence-corrected chi connectivity index (χ1v) is 7.52. The largest absolute Gasteiger partial charge is 0.348 e. The Bertz CT molecular complexity index is 390. The monoisotopic (exact) mass is 284 g/mol. The average Bonchev–Trinajstić information content (AvgIpc) is 2.79. The van der Waals surface area contributed by atoms with Gasteiger partial charge in [-0.3, -0.25) is 4.79 Å². The van der Waals surface area contributed by atoms with Gasteiger partial charge in [-0.25, -0.2) is 4.98 Å². The van der Waals surface area contributed by atoms with E-state index < -0.39 is 0 Å². The van der Waals surface area contributed by atoms with Gasteiger partial charge >= 0.3 is 0 Å². The second-order valence-electron chi connectivity index (χ2n) is 5.08. The number of thiazole rings is 1. The predicted octanol–water partition coefficient (Wildman–Crippen LogP) is 1.26. The second kappa shape index (κ2) is 8.24. The molecule has 0 atom stereocenters. The van der Waals surface area contributed by atoms with E-state index in [-0.39, 0.29) is 5.91 Å². The lowest BCUT2D eigenvalue weighted by Crippen LogP contribution is -2.36. The summed E-state index contributed by atoms with van der Waals surface area (Å²) in [5.41, 5.74) is 1.03. The molecule has 0 saturated carbocycles. The average molecular weight is 284 g/mol. The molecule has 0 aliphatic rings. The highest BCUT2D eigenvalue weighted by atomic mass is 32.1. The van der Waals surface area contributed by atoms with E-state index in [4.69, 9.17) is 0 Å². The molecule has 108 valence electrons. The van der Waals surface area contributed by atoms with Crippen LogP contribution in [0, 0.1) is 0 Å². The van der Waals surface area contributed by atoms with Gasteiger partial charge in [0.1, 0.15) is 5.01 Å². The van der Waals surface area contributed by atoms with Crippen molar-refractivity contribution in [2.24, 2.45) is 0 Å². The number of nitrogens with zero attached hydrogens (tertiary/aromatic N) is 1. The maximum absolute atomic E-state index is 11.5. The molecule has 5 nitrogen and oxygen atoms in total. The molecule has 1 heterocycles. The van der Waals surface area contributed by atoms with Crippen molar-refractivity contribution >= 4 is 17.2 Å². The lowest BCUT2D eigenvalue weighted by Gasteiger charge is -2.07. The van der Waals surface area contributed by atoms with Crippen LogP contribution in [0.2, 0.25) is 0 Å². The molecule has 0 aromatic carbocycles. The zero-order chi connectivity index (χ0) is 14.3. The fourth-order valence-corrected chi connectivity index (χ4v) is 2.09. The minimum absolute atomic E-state index is 0.00533. The maximum Gasteiger partial charge on any atom is 0.234 e. The number of amides is 1. The molecule has 0 aliphatic carbocycles. The minimum atomic E-state index is 0.00533. The highest BCUT2D eigenvalue weighted by molar-refractivity contribution is 7.09. The molecule has 19 heavy (non-hydrogen) atoms. The van der Waals surface area contributed by atoms with Crippen LogP contribution in [0.5, 0.6) is 0 Å². The normalized spacial score (nSPS) is 11.3. The summed E-state index contributed by atoms with van der Waals surface area (Å²) in [7, 11) is 0. The van der Waals surface area contributed by atoms with Crippen molar-refractivity contribution in [3.63, 3.8) is 0 Å². The van der Waals surface area contributed by atoms with Crippen molar-refractivity contribution in [2.75, 3.05) is 6.54 Å². The van der Waals surface area contributed by atoms with Crippen LogP contribution in [0.15, 0.2) is 5.38 Å². The number of aromatic nitrogens is 1. The first kappa shape index (κ1) is 16.1. The summed E-state index contributed by atoms with van der Waals surface area (Å²) in [4.78, 5) is 16.0. The van der Waals surface area contributed by atoms with Crippen molar-refractivity contribution in [3.8, 4) is 0 Å². The fraction of sp³-hybridized carbons (Fsp3) is 0.692. The van der Waals surface area contributed by atoms with E-state index in [2.05, 4.69) is 34.8 Å². The molecule has 1 amide bonds. The zero-order valence-electron chi connectivity index (χ0n) is 12.1. The standard InChI is InChI=1S/C13H24N4OS/c1-9(2)14-5-11-8-19-13(17-11)7-16-12(18)6-15-10(3)4/h8-10,14-15H,5-7H2,1-4H3,(H,16,18). The summed E-state index contributed by atoms with van der Waals surface area (Å²) in [5.74, 6) is 0.00533. The van der Waals surface area contributed by atoms with E-state index in [1.165, 1.54) is 0 Å². The molecule has 0 saturated heterocycles. The summed E-state index contributed by atoms with van der Waals surface area (Å²) in [6, 6.07) is 0.770. The lowest BCUT2D eigenvalue weighted by molar-refractivity contribution is -0.120. The van der Waals surface area contributed by atoms with E-state index in [0.29, 0.717) is 25.2 Å². The Morgan fingerprint density at radius 2 is 1.89 bits per heavy atom. The maximum atomic E-state index is 11.5. The Kier molecular flexibility index (Phi) is 6.97. The van der Waals surface area contributed by atoms with Gasteiger partial charge in [0.25, 0.3) is 0 Å². The van der Waals surface area contributed by atoms with Crippen molar-refractivity contribution in [1.29, 1.82) is 0 Å². The Balaban J connectivity index is 2.27. The zero-order valence-corrected chi connectivity index (χ0v) is 12.9. The van der Waals surface area contributed by atoms with Crippen molar-refractivity contribution in [1.82, 2.24) is 20.9 Å². The highest BCUT2D eigenvalue weighted by Gasteiger charge is 2.05. The van der Waals surface area contributed by atoms with Gasteiger partial charge in [0, 0.05) is 24.0 Å². The molecule has 1 aromatic rings. The highest BCUT2D eigenvalue weighted by Crippen LogP contribution is 2.09. The summed E-state index contributed by atoms with van der Waals surface area (Å²) in [6.07, 6.45) is 0. The molecule has 0 unspecified atom stereocenters. The number of hydrogen-bond acceptors (Lipinski definition) is 5. The molecular formula is C13H24N4OS. The van der Waals surface area contributed by atoms with Crippen molar-refractivity contribution in [2.45, 2.75) is 52.9 Å². The molecule has 0 aliphatic heterocycles. The van der Waals surface area contributed by atoms with Gasteiger partial charge in [-0.1, -0.05) is 27.7 Å². The molecule has 1 rings (SSSR count). The van der Waals surface area contributed by atoms with Gasteiger partial charge in [0.05, 0.1) is 18.8 Å². The van der Waals surface area contributed by atoms with E-state index >= 15 is 0 Å². The number of carbonyl (C=O) groups is 1. The smallest absolute Gasteiger partial charge is 0.234 e. The SMILES string of the molecule is CC(C)NCC(=O)NCc1nc(CNC(C)C)cs1. The molecular weight excluding hydrogens is 260 g/mol. The van der Waals surface area contributed by atoms with Crippen molar-refractivity contribution < 1.29 is 4.79 Å². The van der Waals surface area contributed by atoms with Gasteiger partial charge in [-0.2, -0.15) is 0 Å². The van der Waals surface area contributed by atoms with Gasteiger partial charge in [-0.05, 0) is 0 Å². The second-order valence-corrected chi connectivity index (χ2v) is 6.02. The molecule has 1 aromatic heterocycles. The predicted molar refractivity (Wildman–Crippen MR) is 79.1 cm³/mol. The van der Waals surface area contributed by atoms with Crippen LogP contribution in [-0.4, -0.2) is 29.5 Å². The summed E-state index contributed by atoms with van der Waals surface area (Å²) >= 11 is 1.58. The molecule has 3 N–H and O–H groups in total. The number of carbonyl (C=O) groups excluding carboxylic acids is 1. The molecule has 0 fully saturated rings. The Hall–Kier alpha value is -0.980. The summed E-state index contributed by atoms with van der Waals surface area (Å²) < 4.78 is 0. The molecule has 0 bridgehead atoms. The van der Waals surface area contributed by atoms with Crippen LogP contribution in [0.4, 0.5) is 0 Å². The van der Waals surface area contributed by atoms with Crippen LogP contribution in [0.25, 0.3) is 0 Å². The van der Waals surface area contributed by atoms with E-state index in [1.807, 2.05) is 19.2 Å². The van der Waals surface area contributed by atoms with Gasteiger partial charge in [-0.15, -0.1) is 11.3 Å². The summed E-state index contributed by atoms with van der Waals surface area (Å²) in [6.45, 7) is 9.88. The third-order valence-electron chi connectivity index (χ3n) is 2.40. The fourth-order valence-electron chi connectivity index (χ4n) is 1.35. The van der Waals surface area contributed by atoms with Crippen molar-refractivity contribution in [3.05, 3.63) is 16.1 Å². The van der Waals surface area contributed by atoms with Crippen LogP contribution >= 0.6 is 11.3 Å². The summed E-state index contributed by atoms with van der Waals surface area (Å²) in [5, 5.41) is 12.2. The first-order valence-electron chi connectivity index (χ1n) is 6.64. The van der Waals surface area contributed by atoms with E-state index in [0.717, 1.165) is 17.2 Å². The topological polar surface area (TPSA) is 66.0 Å². The Morgan fingerprint density at radius 3 is 2.53 bits per heavy atom. The van der Waals surface area contributed by atoms with Gasteiger partial charge in [0.15, 0.2) is 0 Å². The van der Waals surface area contributed by atoms with Gasteiger partial charge < -0.3 is 16.0 Å². The van der Waals surface area contributed by atoms with Crippen LogP contribution in [0.3, 0.4) is 0 Å². The molecule has 0 radical (unpaired) electrons. The van der Waals surface area contributed by atoms with Crippen LogP contribution in [0.1, 0.15) is 38.4 Å².